The number of pyridine rings is 1. The lowest BCUT2D eigenvalue weighted by molar-refractivity contribution is 0.0988. The standard InChI is InChI=1S/C24H24ClF2N3OS/c1-24(2)9-13(7-15(28)10-24)16-5-6-29-11-14(16)8-20(31)19-12-32-23(30-19)21-18(26)4-3-17(25)22(21)27/h3-6,11-13,15H,7-10,28H2,1-2H3/t13-,15+/m0/s1. The SMILES string of the molecule is CC1(C)C[C@H](N)C[C@H](c2ccncc2CC(=O)c2csc(-c3c(F)ccc(Cl)c3F)n2)C1. The van der Waals surface area contributed by atoms with E-state index in [1.54, 1.807) is 12.4 Å². The summed E-state index contributed by atoms with van der Waals surface area (Å²) in [5.74, 6) is -1.64. The predicted octanol–water partition coefficient (Wildman–Crippen LogP) is 6.18. The molecule has 0 aliphatic heterocycles. The number of rotatable bonds is 5. The van der Waals surface area contributed by atoms with Crippen molar-refractivity contribution in [2.24, 2.45) is 11.1 Å². The largest absolute Gasteiger partial charge is 0.328 e. The molecule has 2 heterocycles. The molecule has 2 aromatic heterocycles. The minimum absolute atomic E-state index is 0.0808. The number of hydrogen-bond acceptors (Lipinski definition) is 5. The second-order valence-electron chi connectivity index (χ2n) is 9.20. The van der Waals surface area contributed by atoms with Gasteiger partial charge in [-0.15, -0.1) is 11.3 Å². The number of benzene rings is 1. The van der Waals surface area contributed by atoms with Gasteiger partial charge in [-0.3, -0.25) is 9.78 Å². The van der Waals surface area contributed by atoms with Gasteiger partial charge in [0.1, 0.15) is 16.5 Å². The fourth-order valence-corrected chi connectivity index (χ4v) is 5.74. The number of carbonyl (C=O) groups excluding carboxylic acids is 1. The maximum atomic E-state index is 14.3. The molecule has 0 saturated heterocycles. The van der Waals surface area contributed by atoms with Crippen molar-refractivity contribution < 1.29 is 13.6 Å². The highest BCUT2D eigenvalue weighted by atomic mass is 35.5. The van der Waals surface area contributed by atoms with Gasteiger partial charge in [0, 0.05) is 30.2 Å². The number of thiazole rings is 1. The molecule has 32 heavy (non-hydrogen) atoms. The number of carbonyl (C=O) groups is 1. The number of hydrogen-bond donors (Lipinski definition) is 1. The van der Waals surface area contributed by atoms with Crippen molar-refractivity contribution in [1.82, 2.24) is 9.97 Å². The Balaban J connectivity index is 1.59. The highest BCUT2D eigenvalue weighted by Crippen LogP contribution is 2.43. The van der Waals surface area contributed by atoms with Crippen LogP contribution in [0.25, 0.3) is 10.6 Å². The van der Waals surface area contributed by atoms with Crippen molar-refractivity contribution in [2.45, 2.75) is 51.5 Å². The van der Waals surface area contributed by atoms with Gasteiger partial charge < -0.3 is 5.73 Å². The third-order valence-electron chi connectivity index (χ3n) is 5.98. The molecular formula is C24H24ClF2N3OS. The van der Waals surface area contributed by atoms with Crippen molar-refractivity contribution in [3.63, 3.8) is 0 Å². The van der Waals surface area contributed by atoms with Crippen molar-refractivity contribution in [3.05, 3.63) is 69.5 Å². The molecule has 3 aromatic rings. The first-order chi connectivity index (χ1) is 15.1. The molecule has 0 unspecified atom stereocenters. The lowest BCUT2D eigenvalue weighted by Gasteiger charge is -2.39. The first-order valence-electron chi connectivity index (χ1n) is 10.5. The topological polar surface area (TPSA) is 68.9 Å². The summed E-state index contributed by atoms with van der Waals surface area (Å²) in [5.41, 5.74) is 8.20. The Labute approximate surface area is 194 Å². The smallest absolute Gasteiger partial charge is 0.186 e. The normalized spacial score (nSPS) is 20.3. The second kappa shape index (κ2) is 8.96. The van der Waals surface area contributed by atoms with E-state index < -0.39 is 11.6 Å². The second-order valence-corrected chi connectivity index (χ2v) is 10.5. The van der Waals surface area contributed by atoms with E-state index in [9.17, 15) is 13.6 Å². The average molecular weight is 476 g/mol. The monoisotopic (exact) mass is 475 g/mol. The highest BCUT2D eigenvalue weighted by Gasteiger charge is 2.34. The van der Waals surface area contributed by atoms with Crippen LogP contribution in [0.5, 0.6) is 0 Å². The Morgan fingerprint density at radius 1 is 1.28 bits per heavy atom. The van der Waals surface area contributed by atoms with Gasteiger partial charge in [-0.2, -0.15) is 0 Å². The van der Waals surface area contributed by atoms with Crippen LogP contribution in [0, 0.1) is 17.0 Å². The molecule has 0 spiro atoms. The lowest BCUT2D eigenvalue weighted by Crippen LogP contribution is -2.36. The van der Waals surface area contributed by atoms with Crippen LogP contribution >= 0.6 is 22.9 Å². The molecule has 168 valence electrons. The van der Waals surface area contributed by atoms with Crippen LogP contribution in [0.4, 0.5) is 8.78 Å². The van der Waals surface area contributed by atoms with E-state index in [0.717, 1.165) is 53.9 Å². The van der Waals surface area contributed by atoms with Crippen LogP contribution < -0.4 is 5.73 Å². The summed E-state index contributed by atoms with van der Waals surface area (Å²) in [6, 6.07) is 4.31. The summed E-state index contributed by atoms with van der Waals surface area (Å²) in [7, 11) is 0. The highest BCUT2D eigenvalue weighted by molar-refractivity contribution is 7.13. The molecule has 1 saturated carbocycles. The summed E-state index contributed by atoms with van der Waals surface area (Å²) in [5, 5.41) is 1.41. The van der Waals surface area contributed by atoms with E-state index in [1.165, 1.54) is 5.38 Å². The number of ketones is 1. The van der Waals surface area contributed by atoms with Crippen molar-refractivity contribution in [2.75, 3.05) is 0 Å². The summed E-state index contributed by atoms with van der Waals surface area (Å²) in [6.45, 7) is 4.44. The zero-order valence-corrected chi connectivity index (χ0v) is 19.4. The Morgan fingerprint density at radius 3 is 2.81 bits per heavy atom. The van der Waals surface area contributed by atoms with Crippen molar-refractivity contribution >= 4 is 28.7 Å². The van der Waals surface area contributed by atoms with Crippen LogP contribution in [0.15, 0.2) is 36.0 Å². The van der Waals surface area contributed by atoms with E-state index in [0.29, 0.717) is 0 Å². The van der Waals surface area contributed by atoms with Crippen LogP contribution in [-0.4, -0.2) is 21.8 Å². The summed E-state index contributed by atoms with van der Waals surface area (Å²) < 4.78 is 28.5. The maximum absolute atomic E-state index is 14.3. The van der Waals surface area contributed by atoms with Gasteiger partial charge in [-0.05, 0) is 59.9 Å². The first-order valence-corrected chi connectivity index (χ1v) is 11.7. The fraction of sp³-hybridized carbons (Fsp3) is 0.375. The number of nitrogens with zero attached hydrogens (tertiary/aromatic N) is 2. The van der Waals surface area contributed by atoms with Crippen LogP contribution in [0.3, 0.4) is 0 Å². The summed E-state index contributed by atoms with van der Waals surface area (Å²) in [6.07, 6.45) is 6.38. The zero-order chi connectivity index (χ0) is 23.0. The minimum atomic E-state index is -0.884. The van der Waals surface area contributed by atoms with Crippen molar-refractivity contribution in [3.8, 4) is 10.6 Å². The lowest BCUT2D eigenvalue weighted by atomic mass is 9.68. The van der Waals surface area contributed by atoms with E-state index in [4.69, 9.17) is 17.3 Å². The Hall–Kier alpha value is -2.22. The molecule has 0 bridgehead atoms. The number of halogens is 3. The maximum Gasteiger partial charge on any atom is 0.186 e. The molecular weight excluding hydrogens is 452 g/mol. The van der Waals surface area contributed by atoms with E-state index in [-0.39, 0.29) is 50.9 Å². The van der Waals surface area contributed by atoms with Crippen LogP contribution in [0.2, 0.25) is 5.02 Å². The Kier molecular flexibility index (Phi) is 6.43. The minimum Gasteiger partial charge on any atom is -0.328 e. The van der Waals surface area contributed by atoms with E-state index >= 15 is 0 Å². The van der Waals surface area contributed by atoms with Gasteiger partial charge in [0.2, 0.25) is 0 Å². The summed E-state index contributed by atoms with van der Waals surface area (Å²) >= 11 is 6.79. The molecule has 1 aromatic carbocycles. The van der Waals surface area contributed by atoms with Gasteiger partial charge in [0.15, 0.2) is 11.6 Å². The molecule has 2 atom stereocenters. The molecule has 0 amide bonds. The molecule has 1 fully saturated rings. The third-order valence-corrected chi connectivity index (χ3v) is 7.13. The number of nitrogens with two attached hydrogens (primary N) is 1. The molecule has 0 radical (unpaired) electrons. The van der Waals surface area contributed by atoms with Crippen LogP contribution in [0.1, 0.15) is 60.6 Å². The first kappa shape index (κ1) is 23.0. The quantitative estimate of drug-likeness (QED) is 0.353. The van der Waals surface area contributed by atoms with Gasteiger partial charge in [0.25, 0.3) is 0 Å². The van der Waals surface area contributed by atoms with Gasteiger partial charge >= 0.3 is 0 Å². The fourth-order valence-electron chi connectivity index (χ4n) is 4.72. The van der Waals surface area contributed by atoms with E-state index in [1.807, 2.05) is 6.07 Å². The molecule has 4 rings (SSSR count). The van der Waals surface area contributed by atoms with E-state index in [2.05, 4.69) is 23.8 Å². The predicted molar refractivity (Wildman–Crippen MR) is 123 cm³/mol. The van der Waals surface area contributed by atoms with Crippen molar-refractivity contribution in [1.29, 1.82) is 0 Å². The zero-order valence-electron chi connectivity index (χ0n) is 17.9. The number of aromatic nitrogens is 2. The van der Waals surface area contributed by atoms with Gasteiger partial charge in [-0.1, -0.05) is 25.4 Å². The van der Waals surface area contributed by atoms with Gasteiger partial charge in [0.05, 0.1) is 10.6 Å². The molecule has 8 heteroatoms. The average Bonchev–Trinajstić information content (AvgIpc) is 3.20. The van der Waals surface area contributed by atoms with Gasteiger partial charge in [-0.25, -0.2) is 13.8 Å². The molecule has 1 aliphatic rings. The number of Topliss-reactive ketones (excluding diaryl/α,β-unsaturated/α-hetero) is 1. The molecule has 1 aliphatic carbocycles. The summed E-state index contributed by atoms with van der Waals surface area (Å²) in [4.78, 5) is 21.4. The molecule has 2 N–H and O–H groups in total. The Bertz CT molecular complexity index is 1160. The molecule has 4 nitrogen and oxygen atoms in total. The third kappa shape index (κ3) is 4.75. The van der Waals surface area contributed by atoms with Crippen LogP contribution in [-0.2, 0) is 6.42 Å². The Morgan fingerprint density at radius 2 is 2.06 bits per heavy atom.